The number of carbonyl (C=O) groups excluding carboxylic acids is 1. The summed E-state index contributed by atoms with van der Waals surface area (Å²) in [4.78, 5) is 16.1. The Bertz CT molecular complexity index is 1100. The van der Waals surface area contributed by atoms with E-state index < -0.39 is 10.0 Å². The van der Waals surface area contributed by atoms with Gasteiger partial charge in [0, 0.05) is 60.0 Å². The Hall–Kier alpha value is -1.61. The van der Waals surface area contributed by atoms with Crippen molar-refractivity contribution < 1.29 is 13.2 Å². The van der Waals surface area contributed by atoms with Crippen molar-refractivity contribution in [1.29, 1.82) is 0 Å². The number of carbonyl (C=O) groups is 1. The van der Waals surface area contributed by atoms with Crippen molar-refractivity contribution in [3.8, 4) is 0 Å². The monoisotopic (exact) mass is 511 g/mol. The third-order valence-electron chi connectivity index (χ3n) is 5.72. The summed E-state index contributed by atoms with van der Waals surface area (Å²) in [5.74, 6) is -0.0814. The molecule has 2 aromatic rings. The zero-order chi connectivity index (χ0) is 21.6. The molecule has 0 spiro atoms. The van der Waals surface area contributed by atoms with Gasteiger partial charge in [-0.15, -0.1) is 0 Å². The van der Waals surface area contributed by atoms with Crippen LogP contribution in [-0.2, 0) is 21.2 Å². The molecule has 2 aliphatic heterocycles. The first-order chi connectivity index (χ1) is 14.2. The van der Waals surface area contributed by atoms with E-state index in [1.165, 1.54) is 11.2 Å². The Kier molecular flexibility index (Phi) is 5.87. The van der Waals surface area contributed by atoms with Crippen molar-refractivity contribution >= 4 is 54.8 Å². The van der Waals surface area contributed by atoms with Crippen molar-refractivity contribution in [1.82, 2.24) is 4.31 Å². The molecule has 0 N–H and O–H groups in total. The van der Waals surface area contributed by atoms with E-state index in [-0.39, 0.29) is 16.8 Å². The number of rotatable bonds is 3. The molecule has 1 amide bonds. The van der Waals surface area contributed by atoms with Crippen LogP contribution in [0, 0.1) is 0 Å². The number of hydrogen-bond donors (Lipinski definition) is 0. The van der Waals surface area contributed by atoms with Crippen molar-refractivity contribution in [3.63, 3.8) is 0 Å². The van der Waals surface area contributed by atoms with Gasteiger partial charge in [-0.1, -0.05) is 17.7 Å². The van der Waals surface area contributed by atoms with Crippen LogP contribution in [0.2, 0.25) is 5.02 Å². The van der Waals surface area contributed by atoms with Gasteiger partial charge in [-0.2, -0.15) is 4.31 Å². The predicted molar refractivity (Wildman–Crippen MR) is 123 cm³/mol. The number of fused-ring (bicyclic) bond motifs is 1. The second kappa shape index (κ2) is 8.15. The third-order valence-corrected chi connectivity index (χ3v) is 8.81. The van der Waals surface area contributed by atoms with Crippen LogP contribution in [0.25, 0.3) is 0 Å². The standard InChI is InChI=1S/C21H23BrClN3O3S/c1-14-10-16-11-19(22)21(13-20(16)26(14)15(2)27)30(28,29)25-8-6-24(7-9-25)18-5-3-4-17(23)12-18/h3-5,11-14H,6-10H2,1-2H3/t14-/m1/s1. The van der Waals surface area contributed by atoms with Crippen molar-refractivity contribution in [2.75, 3.05) is 36.0 Å². The maximum Gasteiger partial charge on any atom is 0.244 e. The van der Waals surface area contributed by atoms with Gasteiger partial charge in [0.2, 0.25) is 15.9 Å². The predicted octanol–water partition coefficient (Wildman–Crippen LogP) is 3.91. The minimum atomic E-state index is -3.70. The van der Waals surface area contributed by atoms with E-state index in [1.807, 2.05) is 37.3 Å². The molecule has 6 nitrogen and oxygen atoms in total. The molecule has 2 aromatic carbocycles. The summed E-state index contributed by atoms with van der Waals surface area (Å²) in [6, 6.07) is 11.1. The number of anilines is 2. The van der Waals surface area contributed by atoms with Gasteiger partial charge in [-0.05, 0) is 65.2 Å². The summed E-state index contributed by atoms with van der Waals surface area (Å²) in [6.07, 6.45) is 0.714. The molecule has 9 heteroatoms. The first-order valence-corrected chi connectivity index (χ1v) is 12.4. The van der Waals surface area contributed by atoms with Crippen LogP contribution < -0.4 is 9.80 Å². The lowest BCUT2D eigenvalue weighted by molar-refractivity contribution is -0.116. The van der Waals surface area contributed by atoms with E-state index in [0.717, 1.165) is 11.3 Å². The molecule has 30 heavy (non-hydrogen) atoms. The van der Waals surface area contributed by atoms with Crippen LogP contribution in [0.15, 0.2) is 45.8 Å². The number of halogens is 2. The lowest BCUT2D eigenvalue weighted by atomic mass is 10.1. The van der Waals surface area contributed by atoms with Crippen LogP contribution in [0.3, 0.4) is 0 Å². The van der Waals surface area contributed by atoms with E-state index >= 15 is 0 Å². The third kappa shape index (κ3) is 3.86. The summed E-state index contributed by atoms with van der Waals surface area (Å²) in [6.45, 7) is 5.41. The molecule has 160 valence electrons. The first-order valence-electron chi connectivity index (χ1n) is 9.81. The Labute approximate surface area is 190 Å². The number of piperazine rings is 1. The van der Waals surface area contributed by atoms with Crippen LogP contribution in [0.1, 0.15) is 19.4 Å². The lowest BCUT2D eigenvalue weighted by Crippen LogP contribution is -2.48. The Balaban J connectivity index is 1.59. The molecular weight excluding hydrogens is 490 g/mol. The molecule has 0 radical (unpaired) electrons. The zero-order valence-corrected chi connectivity index (χ0v) is 20.0. The summed E-state index contributed by atoms with van der Waals surface area (Å²) < 4.78 is 28.9. The molecule has 2 aliphatic rings. The average molecular weight is 513 g/mol. The van der Waals surface area contributed by atoms with Gasteiger partial charge < -0.3 is 9.80 Å². The van der Waals surface area contributed by atoms with Gasteiger partial charge in [-0.3, -0.25) is 4.79 Å². The number of sulfonamides is 1. The molecule has 1 atom stereocenters. The van der Waals surface area contributed by atoms with E-state index in [1.54, 1.807) is 11.0 Å². The SMILES string of the molecule is CC(=O)N1c2cc(S(=O)(=O)N3CCN(c4cccc(Cl)c4)CC3)c(Br)cc2C[C@H]1C. The van der Waals surface area contributed by atoms with E-state index in [2.05, 4.69) is 20.8 Å². The topological polar surface area (TPSA) is 60.9 Å². The fraction of sp³-hybridized carbons (Fsp3) is 0.381. The molecule has 1 saturated heterocycles. The van der Waals surface area contributed by atoms with Crippen LogP contribution in [0.4, 0.5) is 11.4 Å². The highest BCUT2D eigenvalue weighted by Crippen LogP contribution is 2.39. The molecule has 0 aromatic heterocycles. The highest BCUT2D eigenvalue weighted by molar-refractivity contribution is 9.10. The highest BCUT2D eigenvalue weighted by atomic mass is 79.9. The van der Waals surface area contributed by atoms with Gasteiger partial charge in [0.05, 0.1) is 4.90 Å². The number of amides is 1. The minimum Gasteiger partial charge on any atom is -0.369 e. The van der Waals surface area contributed by atoms with Gasteiger partial charge in [-0.25, -0.2) is 8.42 Å². The first kappa shape index (κ1) is 21.6. The number of benzene rings is 2. The Morgan fingerprint density at radius 2 is 1.83 bits per heavy atom. The molecule has 0 aliphatic carbocycles. The molecule has 1 fully saturated rings. The second-order valence-corrected chi connectivity index (χ2v) is 10.9. The van der Waals surface area contributed by atoms with E-state index in [4.69, 9.17) is 11.6 Å². The summed E-state index contributed by atoms with van der Waals surface area (Å²) >= 11 is 9.54. The van der Waals surface area contributed by atoms with Gasteiger partial charge in [0.1, 0.15) is 0 Å². The van der Waals surface area contributed by atoms with E-state index in [9.17, 15) is 13.2 Å². The van der Waals surface area contributed by atoms with Crippen molar-refractivity contribution in [2.24, 2.45) is 0 Å². The van der Waals surface area contributed by atoms with Crippen LogP contribution in [-0.4, -0.2) is 50.9 Å². The summed E-state index contributed by atoms with van der Waals surface area (Å²) in [7, 11) is -3.70. The highest BCUT2D eigenvalue weighted by Gasteiger charge is 2.35. The Morgan fingerprint density at radius 3 is 2.47 bits per heavy atom. The number of nitrogens with zero attached hydrogens (tertiary/aromatic N) is 3. The largest absolute Gasteiger partial charge is 0.369 e. The smallest absolute Gasteiger partial charge is 0.244 e. The van der Waals surface area contributed by atoms with Gasteiger partial charge in [0.25, 0.3) is 0 Å². The molecule has 0 saturated carbocycles. The second-order valence-electron chi connectivity index (χ2n) is 7.72. The van der Waals surface area contributed by atoms with E-state index in [0.29, 0.717) is 47.8 Å². The van der Waals surface area contributed by atoms with Crippen molar-refractivity contribution in [3.05, 3.63) is 51.5 Å². The molecule has 2 heterocycles. The van der Waals surface area contributed by atoms with Crippen LogP contribution in [0.5, 0.6) is 0 Å². The quantitative estimate of drug-likeness (QED) is 0.626. The van der Waals surface area contributed by atoms with Crippen LogP contribution >= 0.6 is 27.5 Å². The normalized spacial score (nSPS) is 19.8. The number of hydrogen-bond acceptors (Lipinski definition) is 4. The van der Waals surface area contributed by atoms with Crippen molar-refractivity contribution in [2.45, 2.75) is 31.2 Å². The maximum absolute atomic E-state index is 13.4. The fourth-order valence-corrected chi connectivity index (χ4v) is 6.97. The lowest BCUT2D eigenvalue weighted by Gasteiger charge is -2.35. The fourth-order valence-electron chi connectivity index (χ4n) is 4.29. The maximum atomic E-state index is 13.4. The molecule has 0 bridgehead atoms. The molecule has 4 rings (SSSR count). The molecular formula is C21H23BrClN3O3S. The summed E-state index contributed by atoms with van der Waals surface area (Å²) in [5, 5.41) is 0.661. The average Bonchev–Trinajstić information content (AvgIpc) is 3.02. The Morgan fingerprint density at radius 1 is 1.13 bits per heavy atom. The summed E-state index contributed by atoms with van der Waals surface area (Å²) in [5.41, 5.74) is 2.66. The minimum absolute atomic E-state index is 0.0172. The molecule has 0 unspecified atom stereocenters. The van der Waals surface area contributed by atoms with Gasteiger partial charge in [0.15, 0.2) is 0 Å². The van der Waals surface area contributed by atoms with Gasteiger partial charge >= 0.3 is 0 Å². The zero-order valence-electron chi connectivity index (χ0n) is 16.8.